The average molecular weight is 463 g/mol. The Hall–Kier alpha value is -2.16. The molecule has 156 valence electrons. The van der Waals surface area contributed by atoms with Gasteiger partial charge in [-0.05, 0) is 45.7 Å². The highest BCUT2D eigenvalue weighted by molar-refractivity contribution is 9.10. The molecule has 2 amide bonds. The van der Waals surface area contributed by atoms with E-state index in [-0.39, 0.29) is 18.2 Å². The lowest BCUT2D eigenvalue weighted by Crippen LogP contribution is -2.45. The van der Waals surface area contributed by atoms with E-state index in [1.54, 1.807) is 12.1 Å². The molecule has 7 nitrogen and oxygen atoms in total. The van der Waals surface area contributed by atoms with E-state index in [0.29, 0.717) is 11.2 Å². The van der Waals surface area contributed by atoms with Crippen LogP contribution in [0.4, 0.5) is 0 Å². The summed E-state index contributed by atoms with van der Waals surface area (Å²) in [6.07, 6.45) is 0. The number of likely N-dealkylation sites (N-methyl/N-ethyl adjacent to an activating group) is 1. The first-order valence-electron chi connectivity index (χ1n) is 9.86. The fourth-order valence-electron chi connectivity index (χ4n) is 3.23. The highest BCUT2D eigenvalue weighted by Crippen LogP contribution is 2.13. The molecule has 0 aliphatic carbocycles. The molecule has 0 bridgehead atoms. The lowest BCUT2D eigenvalue weighted by Gasteiger charge is -2.34. The van der Waals surface area contributed by atoms with Crippen LogP contribution in [0.15, 0.2) is 45.5 Å². The summed E-state index contributed by atoms with van der Waals surface area (Å²) in [4.78, 5) is 28.8. The Kier molecular flexibility index (Phi) is 7.85. The topological polar surface area (TPSA) is 77.8 Å². The van der Waals surface area contributed by atoms with Gasteiger partial charge in [-0.1, -0.05) is 31.2 Å². The number of carbonyl (C=O) groups excluding carboxylic acids is 2. The zero-order chi connectivity index (χ0) is 20.6. The van der Waals surface area contributed by atoms with Gasteiger partial charge >= 0.3 is 0 Å². The van der Waals surface area contributed by atoms with Crippen LogP contribution in [-0.2, 0) is 17.9 Å². The SMILES string of the molecule is CCN1CCN(Cc2ccc(CNC(=O)CNC(=O)c3ccc(Br)o3)cc2)CC1. The first-order chi connectivity index (χ1) is 14.0. The van der Waals surface area contributed by atoms with Crippen molar-refractivity contribution < 1.29 is 14.0 Å². The zero-order valence-corrected chi connectivity index (χ0v) is 18.2. The Morgan fingerprint density at radius 2 is 1.62 bits per heavy atom. The van der Waals surface area contributed by atoms with E-state index in [2.05, 4.69) is 55.4 Å². The van der Waals surface area contributed by atoms with Gasteiger partial charge in [-0.15, -0.1) is 0 Å². The van der Waals surface area contributed by atoms with E-state index < -0.39 is 5.91 Å². The molecule has 8 heteroatoms. The number of hydrogen-bond acceptors (Lipinski definition) is 5. The minimum absolute atomic E-state index is 0.0982. The predicted molar refractivity (Wildman–Crippen MR) is 114 cm³/mol. The number of furan rings is 1. The van der Waals surface area contributed by atoms with Crippen LogP contribution in [0, 0.1) is 0 Å². The van der Waals surface area contributed by atoms with Gasteiger partial charge in [0, 0.05) is 39.3 Å². The Labute approximate surface area is 179 Å². The van der Waals surface area contributed by atoms with Crippen LogP contribution in [0.25, 0.3) is 0 Å². The second-order valence-electron chi connectivity index (χ2n) is 7.09. The molecule has 1 fully saturated rings. The molecule has 0 saturated carbocycles. The van der Waals surface area contributed by atoms with Gasteiger partial charge < -0.3 is 20.0 Å². The molecule has 0 unspecified atom stereocenters. The molecule has 0 atom stereocenters. The summed E-state index contributed by atoms with van der Waals surface area (Å²) >= 11 is 3.14. The van der Waals surface area contributed by atoms with Crippen molar-refractivity contribution >= 4 is 27.7 Å². The minimum atomic E-state index is -0.421. The van der Waals surface area contributed by atoms with Crippen molar-refractivity contribution in [2.24, 2.45) is 0 Å². The second kappa shape index (κ2) is 10.6. The molecular formula is C21H27BrN4O3. The molecule has 3 rings (SSSR count). The first kappa shape index (κ1) is 21.5. The number of amides is 2. The van der Waals surface area contributed by atoms with Crippen LogP contribution < -0.4 is 10.6 Å². The molecular weight excluding hydrogens is 436 g/mol. The third kappa shape index (κ3) is 6.69. The van der Waals surface area contributed by atoms with E-state index in [0.717, 1.165) is 44.8 Å². The molecule has 29 heavy (non-hydrogen) atoms. The largest absolute Gasteiger partial charge is 0.444 e. The van der Waals surface area contributed by atoms with Gasteiger partial charge in [0.15, 0.2) is 10.4 Å². The van der Waals surface area contributed by atoms with E-state index in [9.17, 15) is 9.59 Å². The van der Waals surface area contributed by atoms with Gasteiger partial charge in [-0.3, -0.25) is 14.5 Å². The van der Waals surface area contributed by atoms with Crippen LogP contribution in [-0.4, -0.2) is 60.9 Å². The maximum absolute atomic E-state index is 12.0. The van der Waals surface area contributed by atoms with Gasteiger partial charge in [0.25, 0.3) is 5.91 Å². The second-order valence-corrected chi connectivity index (χ2v) is 7.87. The standard InChI is InChI=1S/C21H27BrN4O3/c1-2-25-9-11-26(12-10-25)15-17-5-3-16(4-6-17)13-23-20(27)14-24-21(28)18-7-8-19(22)29-18/h3-8H,2,9-15H2,1H3,(H,23,27)(H,24,28). The van der Waals surface area contributed by atoms with E-state index in [1.807, 2.05) is 12.1 Å². The van der Waals surface area contributed by atoms with Crippen molar-refractivity contribution in [3.05, 3.63) is 58.0 Å². The molecule has 1 aromatic heterocycles. The number of benzene rings is 1. The fraction of sp³-hybridized carbons (Fsp3) is 0.429. The molecule has 1 aliphatic heterocycles. The average Bonchev–Trinajstić information content (AvgIpc) is 3.18. The van der Waals surface area contributed by atoms with Crippen molar-refractivity contribution in [1.29, 1.82) is 0 Å². The monoisotopic (exact) mass is 462 g/mol. The zero-order valence-electron chi connectivity index (χ0n) is 16.6. The highest BCUT2D eigenvalue weighted by Gasteiger charge is 2.15. The normalized spacial score (nSPS) is 15.2. The summed E-state index contributed by atoms with van der Waals surface area (Å²) in [6, 6.07) is 11.5. The first-order valence-corrected chi connectivity index (χ1v) is 10.7. The minimum Gasteiger partial charge on any atom is -0.444 e. The molecule has 1 saturated heterocycles. The number of nitrogens with zero attached hydrogens (tertiary/aromatic N) is 2. The number of halogens is 1. The Balaban J connectivity index is 1.37. The summed E-state index contributed by atoms with van der Waals surface area (Å²) in [5, 5.41) is 5.35. The fourth-order valence-corrected chi connectivity index (χ4v) is 3.54. The Morgan fingerprint density at radius 3 is 2.24 bits per heavy atom. The van der Waals surface area contributed by atoms with Crippen molar-refractivity contribution in [1.82, 2.24) is 20.4 Å². The van der Waals surface area contributed by atoms with Crippen LogP contribution in [0.1, 0.15) is 28.6 Å². The van der Waals surface area contributed by atoms with Gasteiger partial charge in [0.1, 0.15) is 0 Å². The van der Waals surface area contributed by atoms with Gasteiger partial charge in [-0.25, -0.2) is 0 Å². The molecule has 0 spiro atoms. The summed E-state index contributed by atoms with van der Waals surface area (Å²) in [5.74, 6) is -0.506. The highest BCUT2D eigenvalue weighted by atomic mass is 79.9. The number of piperazine rings is 1. The summed E-state index contributed by atoms with van der Waals surface area (Å²) in [5.41, 5.74) is 2.31. The molecule has 2 aromatic rings. The Morgan fingerprint density at radius 1 is 0.966 bits per heavy atom. The van der Waals surface area contributed by atoms with Crippen molar-refractivity contribution in [3.63, 3.8) is 0 Å². The number of rotatable bonds is 8. The van der Waals surface area contributed by atoms with Crippen LogP contribution in [0.2, 0.25) is 0 Å². The number of carbonyl (C=O) groups is 2. The van der Waals surface area contributed by atoms with Gasteiger partial charge in [0.2, 0.25) is 5.91 Å². The van der Waals surface area contributed by atoms with E-state index in [1.165, 1.54) is 5.56 Å². The van der Waals surface area contributed by atoms with Crippen LogP contribution >= 0.6 is 15.9 Å². The summed E-state index contributed by atoms with van der Waals surface area (Å²) < 4.78 is 5.62. The van der Waals surface area contributed by atoms with Crippen molar-refractivity contribution in [2.45, 2.75) is 20.0 Å². The Bertz CT molecular complexity index is 814. The van der Waals surface area contributed by atoms with Crippen molar-refractivity contribution in [2.75, 3.05) is 39.3 Å². The van der Waals surface area contributed by atoms with Crippen molar-refractivity contribution in [3.8, 4) is 0 Å². The van der Waals surface area contributed by atoms with Gasteiger partial charge in [0.05, 0.1) is 6.54 Å². The third-order valence-corrected chi connectivity index (χ3v) is 5.46. The van der Waals surface area contributed by atoms with Crippen LogP contribution in [0.3, 0.4) is 0 Å². The van der Waals surface area contributed by atoms with Gasteiger partial charge in [-0.2, -0.15) is 0 Å². The molecule has 0 radical (unpaired) electrons. The number of hydrogen-bond donors (Lipinski definition) is 2. The molecule has 1 aliphatic rings. The maximum Gasteiger partial charge on any atom is 0.287 e. The van der Waals surface area contributed by atoms with E-state index >= 15 is 0 Å². The van der Waals surface area contributed by atoms with Crippen LogP contribution in [0.5, 0.6) is 0 Å². The summed E-state index contributed by atoms with van der Waals surface area (Å²) in [6.45, 7) is 9.09. The van der Waals surface area contributed by atoms with E-state index in [4.69, 9.17) is 4.42 Å². The maximum atomic E-state index is 12.0. The quantitative estimate of drug-likeness (QED) is 0.628. The predicted octanol–water partition coefficient (Wildman–Crippen LogP) is 2.23. The lowest BCUT2D eigenvalue weighted by molar-refractivity contribution is -0.120. The molecule has 1 aromatic carbocycles. The molecule has 2 heterocycles. The third-order valence-electron chi connectivity index (χ3n) is 5.04. The lowest BCUT2D eigenvalue weighted by atomic mass is 10.1. The molecule has 2 N–H and O–H groups in total. The smallest absolute Gasteiger partial charge is 0.287 e. The number of nitrogens with one attached hydrogen (secondary N) is 2. The summed E-state index contributed by atoms with van der Waals surface area (Å²) in [7, 11) is 0.